The summed E-state index contributed by atoms with van der Waals surface area (Å²) in [5.74, 6) is -0.310. The van der Waals surface area contributed by atoms with Crippen LogP contribution >= 0.6 is 34.5 Å². The van der Waals surface area contributed by atoms with Gasteiger partial charge < -0.3 is 9.47 Å². The van der Waals surface area contributed by atoms with Crippen molar-refractivity contribution in [3.8, 4) is 22.8 Å². The van der Waals surface area contributed by atoms with E-state index in [4.69, 9.17) is 32.7 Å². The molecule has 0 amide bonds. The SMILES string of the molecule is COc1cc(/C=N\Nc2nc(-c3ccc(Cl)cc3Cl)cs2)ccc1OC(=O)c1cccc([N+](=O)[O-])c1. The molecule has 0 saturated heterocycles. The van der Waals surface area contributed by atoms with Crippen molar-refractivity contribution in [2.45, 2.75) is 0 Å². The molecule has 0 spiro atoms. The summed E-state index contributed by atoms with van der Waals surface area (Å²) in [6.07, 6.45) is 1.55. The second kappa shape index (κ2) is 11.2. The largest absolute Gasteiger partial charge is 0.493 e. The van der Waals surface area contributed by atoms with E-state index in [0.29, 0.717) is 26.4 Å². The van der Waals surface area contributed by atoms with Crippen LogP contribution in [0.2, 0.25) is 10.0 Å². The number of rotatable bonds is 8. The minimum absolute atomic E-state index is 0.0452. The van der Waals surface area contributed by atoms with Crippen molar-refractivity contribution in [1.82, 2.24) is 4.98 Å². The minimum Gasteiger partial charge on any atom is -0.493 e. The molecule has 4 aromatic rings. The quantitative estimate of drug-likeness (QED) is 0.0865. The average Bonchev–Trinajstić information content (AvgIpc) is 3.33. The molecule has 12 heteroatoms. The van der Waals surface area contributed by atoms with E-state index in [1.165, 1.54) is 36.6 Å². The zero-order valence-corrected chi connectivity index (χ0v) is 20.8. The standard InChI is InChI=1S/C24H16Cl2N4O5S/c1-34-22-9-14(5-8-21(22)35-23(31)15-3-2-4-17(10-15)30(32)33)12-27-29-24-28-20(13-36-24)18-7-6-16(25)11-19(18)26/h2-13H,1H3,(H,28,29)/b27-12-. The highest BCUT2D eigenvalue weighted by atomic mass is 35.5. The number of hydrazone groups is 1. The van der Waals surface area contributed by atoms with Gasteiger partial charge in [0.1, 0.15) is 0 Å². The van der Waals surface area contributed by atoms with Crippen LogP contribution in [-0.2, 0) is 0 Å². The highest BCUT2D eigenvalue weighted by molar-refractivity contribution is 7.14. The summed E-state index contributed by atoms with van der Waals surface area (Å²) in [7, 11) is 1.43. The van der Waals surface area contributed by atoms with Gasteiger partial charge in [-0.15, -0.1) is 11.3 Å². The van der Waals surface area contributed by atoms with Crippen LogP contribution in [0.15, 0.2) is 71.1 Å². The number of carbonyl (C=O) groups is 1. The first-order valence-corrected chi connectivity index (χ1v) is 11.8. The number of hydrogen-bond donors (Lipinski definition) is 1. The molecule has 182 valence electrons. The lowest BCUT2D eigenvalue weighted by molar-refractivity contribution is -0.384. The molecule has 1 aromatic heterocycles. The summed E-state index contributed by atoms with van der Waals surface area (Å²) in [4.78, 5) is 27.3. The molecule has 0 saturated carbocycles. The number of nitro groups is 1. The van der Waals surface area contributed by atoms with E-state index in [0.717, 1.165) is 11.6 Å². The van der Waals surface area contributed by atoms with Gasteiger partial charge in [-0.1, -0.05) is 29.3 Å². The highest BCUT2D eigenvalue weighted by Gasteiger charge is 2.16. The Kier molecular flexibility index (Phi) is 7.79. The van der Waals surface area contributed by atoms with E-state index in [2.05, 4.69) is 15.5 Å². The fourth-order valence-corrected chi connectivity index (χ4v) is 4.23. The molecule has 1 heterocycles. The third-order valence-corrected chi connectivity index (χ3v) is 6.06. The Labute approximate surface area is 219 Å². The number of halogens is 2. The molecule has 0 aliphatic heterocycles. The molecule has 9 nitrogen and oxygen atoms in total. The van der Waals surface area contributed by atoms with E-state index < -0.39 is 10.9 Å². The number of aromatic nitrogens is 1. The van der Waals surface area contributed by atoms with Gasteiger partial charge in [0.25, 0.3) is 5.69 Å². The number of nitrogens with zero attached hydrogens (tertiary/aromatic N) is 3. The van der Waals surface area contributed by atoms with Gasteiger partial charge >= 0.3 is 5.97 Å². The monoisotopic (exact) mass is 542 g/mol. The van der Waals surface area contributed by atoms with Crippen molar-refractivity contribution >= 4 is 57.5 Å². The molecule has 0 fully saturated rings. The molecule has 0 aliphatic rings. The van der Waals surface area contributed by atoms with E-state index in [-0.39, 0.29) is 22.7 Å². The van der Waals surface area contributed by atoms with Crippen molar-refractivity contribution in [3.05, 3.63) is 97.3 Å². The van der Waals surface area contributed by atoms with Crippen molar-refractivity contribution in [1.29, 1.82) is 0 Å². The Morgan fingerprint density at radius 3 is 2.72 bits per heavy atom. The number of esters is 1. The number of carbonyl (C=O) groups excluding carboxylic acids is 1. The van der Waals surface area contributed by atoms with Gasteiger partial charge in [-0.2, -0.15) is 5.10 Å². The van der Waals surface area contributed by atoms with Crippen LogP contribution in [0.25, 0.3) is 11.3 Å². The first kappa shape index (κ1) is 25.1. The van der Waals surface area contributed by atoms with Crippen LogP contribution in [0.1, 0.15) is 15.9 Å². The predicted molar refractivity (Wildman–Crippen MR) is 140 cm³/mol. The van der Waals surface area contributed by atoms with Crippen LogP contribution in [0.3, 0.4) is 0 Å². The van der Waals surface area contributed by atoms with Crippen molar-refractivity contribution in [3.63, 3.8) is 0 Å². The fraction of sp³-hybridized carbons (Fsp3) is 0.0417. The Morgan fingerprint density at radius 2 is 1.97 bits per heavy atom. The van der Waals surface area contributed by atoms with E-state index in [9.17, 15) is 14.9 Å². The summed E-state index contributed by atoms with van der Waals surface area (Å²) in [6.45, 7) is 0. The Morgan fingerprint density at radius 1 is 1.14 bits per heavy atom. The molecule has 0 aliphatic carbocycles. The second-order valence-corrected chi connectivity index (χ2v) is 8.84. The molecular formula is C24H16Cl2N4O5S. The van der Waals surface area contributed by atoms with E-state index in [1.54, 1.807) is 42.6 Å². The maximum absolute atomic E-state index is 12.5. The highest BCUT2D eigenvalue weighted by Crippen LogP contribution is 2.32. The molecule has 0 atom stereocenters. The lowest BCUT2D eigenvalue weighted by Crippen LogP contribution is -2.09. The number of methoxy groups -OCH3 is 1. The van der Waals surface area contributed by atoms with Crippen LogP contribution in [-0.4, -0.2) is 29.2 Å². The van der Waals surface area contributed by atoms with Crippen molar-refractivity contribution in [2.75, 3.05) is 12.5 Å². The average molecular weight is 543 g/mol. The second-order valence-electron chi connectivity index (χ2n) is 7.14. The minimum atomic E-state index is -0.750. The van der Waals surface area contributed by atoms with Crippen LogP contribution < -0.4 is 14.9 Å². The molecule has 1 N–H and O–H groups in total. The number of non-ortho nitro benzene ring substituents is 1. The van der Waals surface area contributed by atoms with Crippen molar-refractivity contribution in [2.24, 2.45) is 5.10 Å². The predicted octanol–water partition coefficient (Wildman–Crippen LogP) is 6.70. The van der Waals surface area contributed by atoms with Crippen molar-refractivity contribution < 1.29 is 19.2 Å². The third-order valence-electron chi connectivity index (χ3n) is 4.77. The summed E-state index contributed by atoms with van der Waals surface area (Å²) in [5, 5.41) is 18.6. The van der Waals surface area contributed by atoms with E-state index >= 15 is 0 Å². The lowest BCUT2D eigenvalue weighted by Gasteiger charge is -2.10. The number of ether oxygens (including phenoxy) is 2. The van der Waals surface area contributed by atoms with Gasteiger partial charge in [-0.3, -0.25) is 15.5 Å². The first-order valence-electron chi connectivity index (χ1n) is 10.2. The zero-order chi connectivity index (χ0) is 25.7. The summed E-state index contributed by atoms with van der Waals surface area (Å²) in [6, 6.07) is 15.3. The third kappa shape index (κ3) is 5.98. The van der Waals surface area contributed by atoms with E-state index in [1.807, 2.05) is 5.38 Å². The molecule has 4 rings (SSSR count). The number of benzene rings is 3. The Hall–Kier alpha value is -3.99. The number of nitrogens with one attached hydrogen (secondary N) is 1. The maximum atomic E-state index is 12.5. The van der Waals surface area contributed by atoms with Crippen LogP contribution in [0.5, 0.6) is 11.5 Å². The van der Waals surface area contributed by atoms with Crippen LogP contribution in [0, 0.1) is 10.1 Å². The number of nitro benzene ring substituents is 1. The molecule has 0 radical (unpaired) electrons. The van der Waals surface area contributed by atoms with Gasteiger partial charge in [0.05, 0.1) is 34.5 Å². The van der Waals surface area contributed by atoms with Gasteiger partial charge in [0.2, 0.25) is 5.13 Å². The van der Waals surface area contributed by atoms with Gasteiger partial charge in [-0.05, 0) is 48.0 Å². The maximum Gasteiger partial charge on any atom is 0.343 e. The number of anilines is 1. The molecular weight excluding hydrogens is 527 g/mol. The van der Waals surface area contributed by atoms with Crippen LogP contribution in [0.4, 0.5) is 10.8 Å². The molecule has 36 heavy (non-hydrogen) atoms. The zero-order valence-electron chi connectivity index (χ0n) is 18.5. The smallest absolute Gasteiger partial charge is 0.343 e. The van der Waals surface area contributed by atoms with Gasteiger partial charge in [-0.25, -0.2) is 9.78 Å². The van der Waals surface area contributed by atoms with Gasteiger partial charge in [0, 0.05) is 28.1 Å². The number of hydrogen-bond acceptors (Lipinski definition) is 9. The molecule has 0 unspecified atom stereocenters. The first-order chi connectivity index (χ1) is 17.3. The normalized spacial score (nSPS) is 10.9. The Bertz CT molecular complexity index is 1470. The van der Waals surface area contributed by atoms with Gasteiger partial charge in [0.15, 0.2) is 11.5 Å². The Balaban J connectivity index is 1.43. The number of thiazole rings is 1. The lowest BCUT2D eigenvalue weighted by atomic mass is 10.2. The molecule has 0 bridgehead atoms. The molecule has 3 aromatic carbocycles. The fourth-order valence-electron chi connectivity index (χ4n) is 3.06. The summed E-state index contributed by atoms with van der Waals surface area (Å²) >= 11 is 13.5. The topological polar surface area (TPSA) is 116 Å². The summed E-state index contributed by atoms with van der Waals surface area (Å²) in [5.41, 5.74) is 4.81. The summed E-state index contributed by atoms with van der Waals surface area (Å²) < 4.78 is 10.7.